The van der Waals surface area contributed by atoms with E-state index in [-0.39, 0.29) is 25.7 Å². The maximum absolute atomic E-state index is 13.1. The zero-order valence-corrected chi connectivity index (χ0v) is 62.7. The summed E-state index contributed by atoms with van der Waals surface area (Å²) in [7, 11) is -9.91. The summed E-state index contributed by atoms with van der Waals surface area (Å²) in [5.74, 6) is 0.980. The van der Waals surface area contributed by atoms with Crippen molar-refractivity contribution < 1.29 is 80.2 Å². The molecular weight excluding hydrogens is 1220 g/mol. The number of ether oxygens (including phenoxy) is 4. The maximum Gasteiger partial charge on any atom is 0.472 e. The lowest BCUT2D eigenvalue weighted by Gasteiger charge is -2.21. The van der Waals surface area contributed by atoms with Gasteiger partial charge in [0.25, 0.3) is 0 Å². The molecule has 0 aromatic rings. The molecule has 0 aliphatic heterocycles. The van der Waals surface area contributed by atoms with Crippen LogP contribution in [-0.4, -0.2) is 96.7 Å². The zero-order chi connectivity index (χ0) is 68.9. The van der Waals surface area contributed by atoms with E-state index < -0.39 is 97.5 Å². The van der Waals surface area contributed by atoms with Crippen LogP contribution in [0, 0.1) is 23.7 Å². The van der Waals surface area contributed by atoms with Gasteiger partial charge in [0, 0.05) is 25.7 Å². The predicted molar refractivity (Wildman–Crippen MR) is 377 cm³/mol. The van der Waals surface area contributed by atoms with E-state index in [9.17, 15) is 43.2 Å². The number of hydrogen-bond acceptors (Lipinski definition) is 15. The van der Waals surface area contributed by atoms with E-state index in [0.29, 0.717) is 25.7 Å². The van der Waals surface area contributed by atoms with Crippen LogP contribution in [0.2, 0.25) is 0 Å². The SMILES string of the molecule is CCC(C)CCCCCCCCCCCCC(=O)OC[C@H](COP(=O)(O)OC[C@@H](O)COP(=O)(O)OC[C@@H](COC(=O)CCCCCCCCC(C)CC)OC(=O)CCCCCCCCCCC(C)CC)OC(=O)CCCCCCCCCCCCCCCCC(C)C. The standard InChI is InChI=1S/C74H144O17P2/c1-9-65(6)51-43-35-27-21-18-19-22-29-38-46-54-71(76)84-60-69(90-73(78)56-48-40-30-23-17-15-13-12-14-16-20-26-34-42-50-64(4)5)62-88-92(80,81)86-58-68(75)59-87-93(82,83)89-63-70(61-85-72(77)55-47-39-33-32-37-45-53-67(8)11-3)91-74(79)57-49-41-31-25-24-28-36-44-52-66(7)10-2/h64-70,75H,9-63H2,1-8H3,(H,80,81)(H,82,83)/t65?,66?,67?,68-,69-,70-/m1/s1. The van der Waals surface area contributed by atoms with Gasteiger partial charge in [-0.1, -0.05) is 319 Å². The third-order valence-electron chi connectivity index (χ3n) is 18.2. The van der Waals surface area contributed by atoms with Crippen molar-refractivity contribution in [2.75, 3.05) is 39.6 Å². The average Bonchev–Trinajstić information content (AvgIpc) is 3.75. The molecule has 0 fully saturated rings. The van der Waals surface area contributed by atoms with Crippen molar-refractivity contribution in [2.45, 2.75) is 388 Å². The van der Waals surface area contributed by atoms with Gasteiger partial charge in [-0.15, -0.1) is 0 Å². The van der Waals surface area contributed by atoms with E-state index in [1.807, 2.05) is 0 Å². The molecule has 552 valence electrons. The van der Waals surface area contributed by atoms with Gasteiger partial charge in [0.05, 0.1) is 26.4 Å². The summed E-state index contributed by atoms with van der Waals surface area (Å²) in [6.45, 7) is 14.2. The van der Waals surface area contributed by atoms with Gasteiger partial charge in [0.2, 0.25) is 0 Å². The van der Waals surface area contributed by atoms with Crippen LogP contribution in [-0.2, 0) is 65.4 Å². The zero-order valence-electron chi connectivity index (χ0n) is 60.9. The van der Waals surface area contributed by atoms with Crippen LogP contribution >= 0.6 is 15.6 Å². The molecule has 0 aromatic heterocycles. The number of unbranched alkanes of at least 4 members (excludes halogenated alkanes) is 34. The van der Waals surface area contributed by atoms with E-state index in [2.05, 4.69) is 55.4 Å². The lowest BCUT2D eigenvalue weighted by Crippen LogP contribution is -2.30. The summed E-state index contributed by atoms with van der Waals surface area (Å²) in [5.41, 5.74) is 0. The number of phosphoric acid groups is 2. The molecule has 93 heavy (non-hydrogen) atoms. The Bertz CT molecular complexity index is 1840. The molecule has 0 aliphatic carbocycles. The third kappa shape index (κ3) is 64.5. The first-order valence-electron chi connectivity index (χ1n) is 38.3. The second-order valence-electron chi connectivity index (χ2n) is 27.9. The summed E-state index contributed by atoms with van der Waals surface area (Å²) >= 11 is 0. The Hall–Kier alpha value is -1.94. The number of aliphatic hydroxyl groups is 1. The lowest BCUT2D eigenvalue weighted by molar-refractivity contribution is -0.161. The van der Waals surface area contributed by atoms with Crippen molar-refractivity contribution in [3.05, 3.63) is 0 Å². The minimum Gasteiger partial charge on any atom is -0.462 e. The number of hydrogen-bond donors (Lipinski definition) is 3. The predicted octanol–water partition coefficient (Wildman–Crippen LogP) is 21.3. The van der Waals surface area contributed by atoms with E-state index >= 15 is 0 Å². The minimum atomic E-state index is -4.96. The molecule has 0 spiro atoms. The summed E-state index contributed by atoms with van der Waals surface area (Å²) < 4.78 is 68.5. The van der Waals surface area contributed by atoms with Crippen molar-refractivity contribution in [3.8, 4) is 0 Å². The number of rotatable bonds is 71. The summed E-state index contributed by atoms with van der Waals surface area (Å²) in [4.78, 5) is 72.7. The molecule has 0 aliphatic rings. The Morgan fingerprint density at radius 2 is 0.516 bits per heavy atom. The van der Waals surface area contributed by atoms with Gasteiger partial charge in [0.1, 0.15) is 19.3 Å². The molecule has 0 saturated heterocycles. The van der Waals surface area contributed by atoms with Gasteiger partial charge in [-0.3, -0.25) is 37.3 Å². The van der Waals surface area contributed by atoms with E-state index in [4.69, 9.17) is 37.0 Å². The molecule has 5 unspecified atom stereocenters. The molecule has 0 rings (SSSR count). The van der Waals surface area contributed by atoms with Crippen LogP contribution in [0.15, 0.2) is 0 Å². The lowest BCUT2D eigenvalue weighted by atomic mass is 9.99. The highest BCUT2D eigenvalue weighted by Crippen LogP contribution is 2.45. The molecule has 0 saturated carbocycles. The highest BCUT2D eigenvalue weighted by Gasteiger charge is 2.30. The Morgan fingerprint density at radius 3 is 0.763 bits per heavy atom. The second-order valence-corrected chi connectivity index (χ2v) is 30.8. The largest absolute Gasteiger partial charge is 0.472 e. The molecule has 0 bridgehead atoms. The van der Waals surface area contributed by atoms with Crippen LogP contribution < -0.4 is 0 Å². The van der Waals surface area contributed by atoms with Crippen molar-refractivity contribution in [2.24, 2.45) is 23.7 Å². The van der Waals surface area contributed by atoms with Crippen LogP contribution in [0.1, 0.15) is 370 Å². The minimum absolute atomic E-state index is 0.104. The first-order chi connectivity index (χ1) is 44.7. The van der Waals surface area contributed by atoms with Crippen molar-refractivity contribution in [1.29, 1.82) is 0 Å². The van der Waals surface area contributed by atoms with Gasteiger partial charge >= 0.3 is 39.5 Å². The number of carbonyl (C=O) groups is 4. The molecule has 3 N–H and O–H groups in total. The quantitative estimate of drug-likeness (QED) is 0.0222. The van der Waals surface area contributed by atoms with E-state index in [1.54, 1.807) is 0 Å². The maximum atomic E-state index is 13.1. The molecule has 0 heterocycles. The van der Waals surface area contributed by atoms with Gasteiger partial charge in [-0.2, -0.15) is 0 Å². The monoisotopic (exact) mass is 1370 g/mol. The molecule has 8 atom stereocenters. The summed E-state index contributed by atoms with van der Waals surface area (Å²) in [5, 5.41) is 10.6. The van der Waals surface area contributed by atoms with Gasteiger partial charge in [0.15, 0.2) is 12.2 Å². The fourth-order valence-electron chi connectivity index (χ4n) is 11.1. The normalized spacial score (nSPS) is 15.1. The molecule has 0 radical (unpaired) electrons. The highest BCUT2D eigenvalue weighted by atomic mass is 31.2. The third-order valence-corrected chi connectivity index (χ3v) is 20.1. The highest BCUT2D eigenvalue weighted by molar-refractivity contribution is 7.47. The average molecular weight is 1370 g/mol. The van der Waals surface area contributed by atoms with Crippen molar-refractivity contribution in [1.82, 2.24) is 0 Å². The Morgan fingerprint density at radius 1 is 0.301 bits per heavy atom. The van der Waals surface area contributed by atoms with Crippen LogP contribution in [0.4, 0.5) is 0 Å². The number of phosphoric ester groups is 2. The topological polar surface area (TPSA) is 237 Å². The van der Waals surface area contributed by atoms with Crippen LogP contribution in [0.5, 0.6) is 0 Å². The van der Waals surface area contributed by atoms with Gasteiger partial charge in [-0.05, 0) is 49.4 Å². The molecule has 17 nitrogen and oxygen atoms in total. The Balaban J connectivity index is 5.27. The number of carbonyl (C=O) groups excluding carboxylic acids is 4. The molecule has 19 heteroatoms. The first kappa shape index (κ1) is 91.1. The fourth-order valence-corrected chi connectivity index (χ4v) is 12.7. The van der Waals surface area contributed by atoms with Gasteiger partial charge in [-0.25, -0.2) is 9.13 Å². The van der Waals surface area contributed by atoms with Gasteiger partial charge < -0.3 is 33.8 Å². The van der Waals surface area contributed by atoms with E-state index in [0.717, 1.165) is 120 Å². The summed E-state index contributed by atoms with van der Waals surface area (Å²) in [6.07, 6.45) is 47.1. The number of aliphatic hydroxyl groups excluding tert-OH is 1. The molecule has 0 amide bonds. The molecule has 0 aromatic carbocycles. The van der Waals surface area contributed by atoms with Crippen molar-refractivity contribution >= 4 is 39.5 Å². The number of esters is 4. The Kier molecular flexibility index (Phi) is 62.2. The van der Waals surface area contributed by atoms with Crippen LogP contribution in [0.3, 0.4) is 0 Å². The van der Waals surface area contributed by atoms with Crippen LogP contribution in [0.25, 0.3) is 0 Å². The molecular formula is C74H144O17P2. The Labute approximate surface area is 568 Å². The summed E-state index contributed by atoms with van der Waals surface area (Å²) in [6, 6.07) is 0. The fraction of sp³-hybridized carbons (Fsp3) is 0.946. The second kappa shape index (κ2) is 63.5. The van der Waals surface area contributed by atoms with E-state index in [1.165, 1.54) is 167 Å². The van der Waals surface area contributed by atoms with Crippen molar-refractivity contribution in [3.63, 3.8) is 0 Å². The first-order valence-corrected chi connectivity index (χ1v) is 41.3. The smallest absolute Gasteiger partial charge is 0.462 e.